The summed E-state index contributed by atoms with van der Waals surface area (Å²) in [7, 11) is 1.56. The third kappa shape index (κ3) is 4.29. The van der Waals surface area contributed by atoms with Gasteiger partial charge in [0.05, 0.1) is 25.3 Å². The van der Waals surface area contributed by atoms with E-state index in [0.717, 1.165) is 12.0 Å². The van der Waals surface area contributed by atoms with Crippen molar-refractivity contribution in [1.82, 2.24) is 4.90 Å². The van der Waals surface area contributed by atoms with E-state index in [1.807, 2.05) is 32.9 Å². The van der Waals surface area contributed by atoms with Crippen LogP contribution in [0.5, 0.6) is 11.5 Å². The monoisotopic (exact) mass is 423 g/mol. The van der Waals surface area contributed by atoms with Gasteiger partial charge in [0.2, 0.25) is 0 Å². The van der Waals surface area contributed by atoms with Crippen molar-refractivity contribution < 1.29 is 24.2 Å². The van der Waals surface area contributed by atoms with Crippen LogP contribution < -0.4 is 9.47 Å². The first-order valence-electron chi connectivity index (χ1n) is 10.6. The van der Waals surface area contributed by atoms with Gasteiger partial charge in [-0.25, -0.2) is 0 Å². The second kappa shape index (κ2) is 9.69. The summed E-state index contributed by atoms with van der Waals surface area (Å²) in [5.41, 5.74) is 2.41. The predicted molar refractivity (Wildman–Crippen MR) is 119 cm³/mol. The Labute approximate surface area is 183 Å². The number of Topliss-reactive ketones (excluding diaryl/α,β-unsaturated/α-hetero) is 1. The fourth-order valence-electron chi connectivity index (χ4n) is 3.88. The third-order valence-corrected chi connectivity index (χ3v) is 5.44. The molecule has 0 radical (unpaired) electrons. The van der Waals surface area contributed by atoms with E-state index in [0.29, 0.717) is 42.2 Å². The van der Waals surface area contributed by atoms with Crippen LogP contribution >= 0.6 is 0 Å². The Morgan fingerprint density at radius 2 is 1.74 bits per heavy atom. The largest absolute Gasteiger partial charge is 0.507 e. The number of carbonyl (C=O) groups excluding carboxylic acids is 2. The number of amides is 1. The standard InChI is InChI=1S/C25H29NO5/c1-5-14-26-22(18-12-13-19(30-4)20(15-18)31-7-3)21(24(28)25(26)29)23(27)17-10-8-16(6-2)9-11-17/h8-13,15,22,27H,5-7,14H2,1-4H3/b23-21-. The summed E-state index contributed by atoms with van der Waals surface area (Å²) < 4.78 is 11.1. The maximum absolute atomic E-state index is 13.0. The van der Waals surface area contributed by atoms with Gasteiger partial charge in [-0.2, -0.15) is 0 Å². The fourth-order valence-corrected chi connectivity index (χ4v) is 3.88. The lowest BCUT2D eigenvalue weighted by Gasteiger charge is -2.25. The molecule has 6 nitrogen and oxygen atoms in total. The van der Waals surface area contributed by atoms with Crippen LogP contribution in [0.15, 0.2) is 48.0 Å². The smallest absolute Gasteiger partial charge is 0.295 e. The van der Waals surface area contributed by atoms with E-state index >= 15 is 0 Å². The van der Waals surface area contributed by atoms with E-state index in [9.17, 15) is 14.7 Å². The molecule has 0 bridgehead atoms. The molecule has 6 heteroatoms. The highest BCUT2D eigenvalue weighted by Gasteiger charge is 2.45. The minimum absolute atomic E-state index is 0.0929. The van der Waals surface area contributed by atoms with Crippen LogP contribution in [0.4, 0.5) is 0 Å². The molecule has 0 aliphatic carbocycles. The lowest BCUT2D eigenvalue weighted by molar-refractivity contribution is -0.139. The second-order valence-electron chi connectivity index (χ2n) is 7.39. The molecule has 164 valence electrons. The number of likely N-dealkylation sites (tertiary alicyclic amines) is 1. The number of methoxy groups -OCH3 is 1. The summed E-state index contributed by atoms with van der Waals surface area (Å²) in [6, 6.07) is 12.0. The van der Waals surface area contributed by atoms with Gasteiger partial charge in [0.1, 0.15) is 5.76 Å². The van der Waals surface area contributed by atoms with Crippen LogP contribution in [-0.4, -0.2) is 42.0 Å². The summed E-state index contributed by atoms with van der Waals surface area (Å²) in [5, 5.41) is 11.1. The number of hydrogen-bond donors (Lipinski definition) is 1. The number of hydrogen-bond acceptors (Lipinski definition) is 5. The van der Waals surface area contributed by atoms with Crippen molar-refractivity contribution in [3.05, 3.63) is 64.7 Å². The van der Waals surface area contributed by atoms with Crippen molar-refractivity contribution in [1.29, 1.82) is 0 Å². The maximum atomic E-state index is 13.0. The Morgan fingerprint density at radius 1 is 1.03 bits per heavy atom. The van der Waals surface area contributed by atoms with Gasteiger partial charge in [-0.05, 0) is 43.0 Å². The number of benzene rings is 2. The topological polar surface area (TPSA) is 76.1 Å². The second-order valence-corrected chi connectivity index (χ2v) is 7.39. The van der Waals surface area contributed by atoms with Crippen LogP contribution in [0.25, 0.3) is 5.76 Å². The fraction of sp³-hybridized carbons (Fsp3) is 0.360. The van der Waals surface area contributed by atoms with E-state index < -0.39 is 17.7 Å². The lowest BCUT2D eigenvalue weighted by Crippen LogP contribution is -2.30. The van der Waals surface area contributed by atoms with E-state index in [-0.39, 0.29) is 11.3 Å². The minimum Gasteiger partial charge on any atom is -0.507 e. The molecular formula is C25H29NO5. The van der Waals surface area contributed by atoms with Crippen molar-refractivity contribution in [2.45, 2.75) is 39.7 Å². The van der Waals surface area contributed by atoms with E-state index in [1.54, 1.807) is 37.4 Å². The Balaban J connectivity index is 2.17. The number of ether oxygens (including phenoxy) is 2. The first kappa shape index (κ1) is 22.4. The van der Waals surface area contributed by atoms with Crippen LogP contribution in [0.3, 0.4) is 0 Å². The summed E-state index contributed by atoms with van der Waals surface area (Å²) in [6.45, 7) is 6.70. The highest BCUT2D eigenvalue weighted by atomic mass is 16.5. The lowest BCUT2D eigenvalue weighted by atomic mass is 9.94. The summed E-state index contributed by atoms with van der Waals surface area (Å²) in [4.78, 5) is 27.3. The third-order valence-electron chi connectivity index (χ3n) is 5.44. The normalized spacial score (nSPS) is 17.8. The van der Waals surface area contributed by atoms with Crippen molar-refractivity contribution in [3.63, 3.8) is 0 Å². The molecule has 31 heavy (non-hydrogen) atoms. The quantitative estimate of drug-likeness (QED) is 0.385. The molecule has 1 aliphatic rings. The van der Waals surface area contributed by atoms with Gasteiger partial charge in [-0.15, -0.1) is 0 Å². The first-order valence-corrected chi connectivity index (χ1v) is 10.6. The van der Waals surface area contributed by atoms with Gasteiger partial charge in [-0.3, -0.25) is 9.59 Å². The summed E-state index contributed by atoms with van der Waals surface area (Å²) in [5.74, 6) is -0.361. The molecule has 1 atom stereocenters. The molecule has 2 aromatic carbocycles. The van der Waals surface area contributed by atoms with Crippen molar-refractivity contribution in [2.24, 2.45) is 0 Å². The molecule has 1 unspecified atom stereocenters. The Bertz CT molecular complexity index is 993. The van der Waals surface area contributed by atoms with Crippen LogP contribution in [-0.2, 0) is 16.0 Å². The van der Waals surface area contributed by atoms with E-state index in [4.69, 9.17) is 9.47 Å². The summed E-state index contributed by atoms with van der Waals surface area (Å²) >= 11 is 0. The zero-order chi connectivity index (χ0) is 22.5. The van der Waals surface area contributed by atoms with Crippen molar-refractivity contribution in [2.75, 3.05) is 20.3 Å². The summed E-state index contributed by atoms with van der Waals surface area (Å²) in [6.07, 6.45) is 1.55. The van der Waals surface area contributed by atoms with E-state index in [2.05, 4.69) is 0 Å². The highest BCUT2D eigenvalue weighted by molar-refractivity contribution is 6.46. The highest BCUT2D eigenvalue weighted by Crippen LogP contribution is 2.42. The number of ketones is 1. The Morgan fingerprint density at radius 3 is 2.32 bits per heavy atom. The number of carbonyl (C=O) groups is 2. The van der Waals surface area contributed by atoms with Gasteiger partial charge in [0, 0.05) is 12.1 Å². The molecule has 1 heterocycles. The number of rotatable bonds is 8. The number of nitrogens with zero attached hydrogens (tertiary/aromatic N) is 1. The number of aliphatic hydroxyl groups is 1. The van der Waals surface area contributed by atoms with Crippen LogP contribution in [0, 0.1) is 0 Å². The molecule has 0 saturated carbocycles. The molecule has 1 aliphatic heterocycles. The molecule has 1 fully saturated rings. The Kier molecular flexibility index (Phi) is 7.00. The zero-order valence-corrected chi connectivity index (χ0v) is 18.5. The van der Waals surface area contributed by atoms with Gasteiger partial charge in [-0.1, -0.05) is 44.2 Å². The molecule has 1 N–H and O–H groups in total. The number of aliphatic hydroxyl groups excluding tert-OH is 1. The molecule has 3 rings (SSSR count). The van der Waals surface area contributed by atoms with Crippen LogP contribution in [0.1, 0.15) is 49.9 Å². The van der Waals surface area contributed by atoms with Gasteiger partial charge < -0.3 is 19.5 Å². The van der Waals surface area contributed by atoms with Gasteiger partial charge in [0.15, 0.2) is 11.5 Å². The predicted octanol–water partition coefficient (Wildman–Crippen LogP) is 4.49. The van der Waals surface area contributed by atoms with Gasteiger partial charge >= 0.3 is 0 Å². The van der Waals surface area contributed by atoms with Crippen molar-refractivity contribution in [3.8, 4) is 11.5 Å². The first-order chi connectivity index (χ1) is 15.0. The van der Waals surface area contributed by atoms with E-state index in [1.165, 1.54) is 4.90 Å². The maximum Gasteiger partial charge on any atom is 0.295 e. The van der Waals surface area contributed by atoms with Gasteiger partial charge in [0.25, 0.3) is 11.7 Å². The minimum atomic E-state index is -0.698. The molecule has 0 spiro atoms. The molecule has 1 amide bonds. The molecule has 2 aromatic rings. The molecule has 1 saturated heterocycles. The average molecular weight is 424 g/mol. The Hall–Kier alpha value is -3.28. The van der Waals surface area contributed by atoms with Crippen LogP contribution in [0.2, 0.25) is 0 Å². The molecular weight excluding hydrogens is 394 g/mol. The SMILES string of the molecule is CCCN1C(=O)C(=O)/C(=C(\O)c2ccc(CC)cc2)C1c1ccc(OC)c(OCC)c1. The molecule has 0 aromatic heterocycles. The zero-order valence-electron chi connectivity index (χ0n) is 18.5. The average Bonchev–Trinajstić information content (AvgIpc) is 3.04. The number of aryl methyl sites for hydroxylation is 1. The van der Waals surface area contributed by atoms with Crippen molar-refractivity contribution >= 4 is 17.4 Å².